The van der Waals surface area contributed by atoms with Crippen LogP contribution < -0.4 is 10.2 Å². The SMILES string of the molecule is CC(NC(=O)N1CCN(c2cccc(Cl)c2)CC1)c1cccc(Cl)c1. The Hall–Kier alpha value is -1.91. The van der Waals surface area contributed by atoms with E-state index >= 15 is 0 Å². The molecule has 2 aromatic carbocycles. The van der Waals surface area contributed by atoms with E-state index < -0.39 is 0 Å². The molecular formula is C19H21Cl2N3O. The third kappa shape index (κ3) is 4.59. The van der Waals surface area contributed by atoms with Gasteiger partial charge in [0.15, 0.2) is 0 Å². The van der Waals surface area contributed by atoms with Crippen LogP contribution in [0.2, 0.25) is 10.0 Å². The van der Waals surface area contributed by atoms with Crippen LogP contribution >= 0.6 is 23.2 Å². The number of halogens is 2. The Labute approximate surface area is 158 Å². The van der Waals surface area contributed by atoms with E-state index in [9.17, 15) is 4.79 Å². The van der Waals surface area contributed by atoms with Gasteiger partial charge >= 0.3 is 6.03 Å². The molecule has 1 atom stereocenters. The topological polar surface area (TPSA) is 35.6 Å². The van der Waals surface area contributed by atoms with Crippen LogP contribution in [-0.2, 0) is 0 Å². The van der Waals surface area contributed by atoms with Crippen molar-refractivity contribution in [1.82, 2.24) is 10.2 Å². The Morgan fingerprint density at radius 2 is 1.64 bits per heavy atom. The summed E-state index contributed by atoms with van der Waals surface area (Å²) >= 11 is 12.1. The summed E-state index contributed by atoms with van der Waals surface area (Å²) in [6, 6.07) is 15.3. The number of amides is 2. The zero-order valence-electron chi connectivity index (χ0n) is 14.1. The summed E-state index contributed by atoms with van der Waals surface area (Å²) < 4.78 is 0. The van der Waals surface area contributed by atoms with Crippen molar-refractivity contribution in [2.75, 3.05) is 31.1 Å². The minimum absolute atomic E-state index is 0.0433. The zero-order valence-corrected chi connectivity index (χ0v) is 15.6. The van der Waals surface area contributed by atoms with E-state index in [1.54, 1.807) is 0 Å². The number of nitrogens with one attached hydrogen (secondary N) is 1. The fraction of sp³-hybridized carbons (Fsp3) is 0.316. The molecule has 1 N–H and O–H groups in total. The molecular weight excluding hydrogens is 357 g/mol. The van der Waals surface area contributed by atoms with Gasteiger partial charge in [0, 0.05) is 41.9 Å². The van der Waals surface area contributed by atoms with E-state index in [1.807, 2.05) is 60.4 Å². The van der Waals surface area contributed by atoms with Crippen LogP contribution in [0.4, 0.5) is 10.5 Å². The van der Waals surface area contributed by atoms with E-state index in [-0.39, 0.29) is 12.1 Å². The van der Waals surface area contributed by atoms with Gasteiger partial charge in [0.1, 0.15) is 0 Å². The van der Waals surface area contributed by atoms with Crippen molar-refractivity contribution in [3.63, 3.8) is 0 Å². The van der Waals surface area contributed by atoms with Gasteiger partial charge in [-0.3, -0.25) is 0 Å². The molecule has 132 valence electrons. The van der Waals surface area contributed by atoms with Crippen LogP contribution in [0.15, 0.2) is 48.5 Å². The quantitative estimate of drug-likeness (QED) is 0.848. The zero-order chi connectivity index (χ0) is 17.8. The van der Waals surface area contributed by atoms with Gasteiger partial charge in [-0.1, -0.05) is 41.4 Å². The highest BCUT2D eigenvalue weighted by atomic mass is 35.5. The molecule has 1 fully saturated rings. The summed E-state index contributed by atoms with van der Waals surface area (Å²) in [6.45, 7) is 4.91. The lowest BCUT2D eigenvalue weighted by Gasteiger charge is -2.36. The molecule has 0 bridgehead atoms. The van der Waals surface area contributed by atoms with E-state index in [1.165, 1.54) is 0 Å². The number of hydrogen-bond donors (Lipinski definition) is 1. The smallest absolute Gasteiger partial charge is 0.317 e. The number of carbonyl (C=O) groups is 1. The third-order valence-electron chi connectivity index (χ3n) is 4.43. The molecule has 2 aromatic rings. The van der Waals surface area contributed by atoms with Crippen LogP contribution in [0, 0.1) is 0 Å². The molecule has 0 aliphatic carbocycles. The highest BCUT2D eigenvalue weighted by Gasteiger charge is 2.22. The van der Waals surface area contributed by atoms with Crippen LogP contribution in [0.5, 0.6) is 0 Å². The Bertz CT molecular complexity index is 745. The summed E-state index contributed by atoms with van der Waals surface area (Å²) in [6.07, 6.45) is 0. The van der Waals surface area contributed by atoms with Gasteiger partial charge in [-0.05, 0) is 42.8 Å². The number of nitrogens with zero attached hydrogens (tertiary/aromatic N) is 2. The van der Waals surface area contributed by atoms with Gasteiger partial charge < -0.3 is 15.1 Å². The largest absolute Gasteiger partial charge is 0.368 e. The molecule has 1 saturated heterocycles. The number of benzene rings is 2. The highest BCUT2D eigenvalue weighted by molar-refractivity contribution is 6.31. The summed E-state index contributed by atoms with van der Waals surface area (Å²) in [7, 11) is 0. The van der Waals surface area contributed by atoms with Crippen molar-refractivity contribution >= 4 is 34.9 Å². The normalized spacial score (nSPS) is 15.8. The van der Waals surface area contributed by atoms with E-state index in [2.05, 4.69) is 10.2 Å². The van der Waals surface area contributed by atoms with Crippen LogP contribution in [-0.4, -0.2) is 37.1 Å². The average molecular weight is 378 g/mol. The first-order valence-electron chi connectivity index (χ1n) is 8.34. The average Bonchev–Trinajstić information content (AvgIpc) is 2.62. The summed E-state index contributed by atoms with van der Waals surface area (Å²) in [5.41, 5.74) is 2.10. The lowest BCUT2D eigenvalue weighted by Crippen LogP contribution is -2.52. The Morgan fingerprint density at radius 1 is 1.00 bits per heavy atom. The third-order valence-corrected chi connectivity index (χ3v) is 4.90. The van der Waals surface area contributed by atoms with Crippen molar-refractivity contribution in [3.8, 4) is 0 Å². The van der Waals surface area contributed by atoms with Crippen molar-refractivity contribution in [3.05, 3.63) is 64.1 Å². The molecule has 1 aliphatic heterocycles. The first-order valence-corrected chi connectivity index (χ1v) is 9.10. The molecule has 6 heteroatoms. The van der Waals surface area contributed by atoms with E-state index in [4.69, 9.17) is 23.2 Å². The maximum absolute atomic E-state index is 12.5. The second-order valence-corrected chi connectivity index (χ2v) is 7.05. The van der Waals surface area contributed by atoms with Crippen molar-refractivity contribution < 1.29 is 4.79 Å². The predicted octanol–water partition coefficient (Wildman–Crippen LogP) is 4.59. The Kier molecular flexibility index (Phi) is 5.71. The molecule has 0 saturated carbocycles. The number of piperazine rings is 1. The molecule has 3 rings (SSSR count). The van der Waals surface area contributed by atoms with Gasteiger partial charge in [-0.15, -0.1) is 0 Å². The monoisotopic (exact) mass is 377 g/mol. The fourth-order valence-electron chi connectivity index (χ4n) is 2.98. The molecule has 1 unspecified atom stereocenters. The molecule has 1 aliphatic rings. The standard InChI is InChI=1S/C19H21Cl2N3O/c1-14(15-4-2-5-16(20)12-15)22-19(25)24-10-8-23(9-11-24)18-7-3-6-17(21)13-18/h2-7,12-14H,8-11H2,1H3,(H,22,25). The first-order chi connectivity index (χ1) is 12.0. The maximum atomic E-state index is 12.5. The maximum Gasteiger partial charge on any atom is 0.317 e. The molecule has 1 heterocycles. The summed E-state index contributed by atoms with van der Waals surface area (Å²) in [5.74, 6) is 0. The summed E-state index contributed by atoms with van der Waals surface area (Å²) in [5, 5.41) is 4.45. The molecule has 0 spiro atoms. The summed E-state index contributed by atoms with van der Waals surface area (Å²) in [4.78, 5) is 16.6. The van der Waals surface area contributed by atoms with Crippen LogP contribution in [0.25, 0.3) is 0 Å². The van der Waals surface area contributed by atoms with Crippen LogP contribution in [0.1, 0.15) is 18.5 Å². The number of rotatable bonds is 3. The van der Waals surface area contributed by atoms with E-state index in [0.29, 0.717) is 18.1 Å². The molecule has 0 aromatic heterocycles. The van der Waals surface area contributed by atoms with Gasteiger partial charge in [0.05, 0.1) is 6.04 Å². The van der Waals surface area contributed by atoms with Gasteiger partial charge in [0.25, 0.3) is 0 Å². The number of anilines is 1. The predicted molar refractivity (Wildman–Crippen MR) is 104 cm³/mol. The van der Waals surface area contributed by atoms with Gasteiger partial charge in [-0.25, -0.2) is 4.79 Å². The lowest BCUT2D eigenvalue weighted by molar-refractivity contribution is 0.191. The minimum Gasteiger partial charge on any atom is -0.368 e. The van der Waals surface area contributed by atoms with Gasteiger partial charge in [-0.2, -0.15) is 0 Å². The molecule has 2 amide bonds. The number of urea groups is 1. The van der Waals surface area contributed by atoms with Gasteiger partial charge in [0.2, 0.25) is 0 Å². The van der Waals surface area contributed by atoms with Crippen molar-refractivity contribution in [1.29, 1.82) is 0 Å². The second kappa shape index (κ2) is 7.98. The van der Waals surface area contributed by atoms with E-state index in [0.717, 1.165) is 29.4 Å². The second-order valence-electron chi connectivity index (χ2n) is 6.18. The van der Waals surface area contributed by atoms with Crippen molar-refractivity contribution in [2.24, 2.45) is 0 Å². The van der Waals surface area contributed by atoms with Crippen LogP contribution in [0.3, 0.4) is 0 Å². The first kappa shape index (κ1) is 17.9. The lowest BCUT2D eigenvalue weighted by atomic mass is 10.1. The molecule has 25 heavy (non-hydrogen) atoms. The number of hydrogen-bond acceptors (Lipinski definition) is 2. The minimum atomic E-state index is -0.0860. The number of carbonyl (C=O) groups excluding carboxylic acids is 1. The molecule has 0 radical (unpaired) electrons. The highest BCUT2D eigenvalue weighted by Crippen LogP contribution is 2.21. The Morgan fingerprint density at radius 3 is 2.28 bits per heavy atom. The van der Waals surface area contributed by atoms with Crippen molar-refractivity contribution in [2.45, 2.75) is 13.0 Å². The fourth-order valence-corrected chi connectivity index (χ4v) is 3.36. The molecule has 4 nitrogen and oxygen atoms in total. The Balaban J connectivity index is 1.54.